The van der Waals surface area contributed by atoms with E-state index in [2.05, 4.69) is 4.72 Å². The molecule has 110 valence electrons. The van der Waals surface area contributed by atoms with Crippen LogP contribution in [0.1, 0.15) is 25.3 Å². The van der Waals surface area contributed by atoms with Crippen LogP contribution in [0.5, 0.6) is 0 Å². The van der Waals surface area contributed by atoms with Gasteiger partial charge in [-0.1, -0.05) is 18.5 Å². The molecule has 0 saturated heterocycles. The SMILES string of the molecule is CC(CO)CCCNS(=O)(=O)c1ccc(C#N)c(Cl)c1. The molecule has 0 aromatic heterocycles. The summed E-state index contributed by atoms with van der Waals surface area (Å²) in [7, 11) is -3.62. The molecule has 1 unspecified atom stereocenters. The van der Waals surface area contributed by atoms with Gasteiger partial charge < -0.3 is 5.11 Å². The highest BCUT2D eigenvalue weighted by Crippen LogP contribution is 2.20. The molecule has 1 aromatic rings. The Morgan fingerprint density at radius 2 is 2.20 bits per heavy atom. The molecule has 20 heavy (non-hydrogen) atoms. The molecule has 7 heteroatoms. The molecule has 0 aliphatic rings. The average Bonchev–Trinajstić information content (AvgIpc) is 2.43. The lowest BCUT2D eigenvalue weighted by molar-refractivity contribution is 0.228. The molecule has 1 atom stereocenters. The smallest absolute Gasteiger partial charge is 0.240 e. The van der Waals surface area contributed by atoms with Crippen LogP contribution in [0.25, 0.3) is 0 Å². The van der Waals surface area contributed by atoms with Gasteiger partial charge >= 0.3 is 0 Å². The molecule has 0 fully saturated rings. The number of nitrogens with one attached hydrogen (secondary N) is 1. The van der Waals surface area contributed by atoms with E-state index in [1.54, 1.807) is 0 Å². The third-order valence-electron chi connectivity index (χ3n) is 2.85. The van der Waals surface area contributed by atoms with E-state index in [1.165, 1.54) is 18.2 Å². The van der Waals surface area contributed by atoms with Gasteiger partial charge in [0, 0.05) is 13.2 Å². The van der Waals surface area contributed by atoms with Crippen molar-refractivity contribution in [2.24, 2.45) is 5.92 Å². The number of nitriles is 1. The molecular weight excluding hydrogens is 300 g/mol. The van der Waals surface area contributed by atoms with Crippen LogP contribution in [0.2, 0.25) is 5.02 Å². The van der Waals surface area contributed by atoms with Crippen molar-refractivity contribution in [3.05, 3.63) is 28.8 Å². The second kappa shape index (κ2) is 7.60. The van der Waals surface area contributed by atoms with Crippen molar-refractivity contribution in [1.82, 2.24) is 4.72 Å². The third-order valence-corrected chi connectivity index (χ3v) is 4.62. The Kier molecular flexibility index (Phi) is 6.43. The summed E-state index contributed by atoms with van der Waals surface area (Å²) >= 11 is 5.81. The van der Waals surface area contributed by atoms with Crippen LogP contribution in [-0.4, -0.2) is 26.7 Å². The van der Waals surface area contributed by atoms with Gasteiger partial charge in [-0.3, -0.25) is 0 Å². The van der Waals surface area contributed by atoms with E-state index >= 15 is 0 Å². The van der Waals surface area contributed by atoms with Crippen LogP contribution in [0, 0.1) is 17.2 Å². The molecule has 0 aliphatic heterocycles. The van der Waals surface area contributed by atoms with Crippen LogP contribution in [-0.2, 0) is 10.0 Å². The number of benzene rings is 1. The molecule has 1 aromatic carbocycles. The summed E-state index contributed by atoms with van der Waals surface area (Å²) in [5, 5.41) is 17.7. The molecule has 0 amide bonds. The zero-order valence-electron chi connectivity index (χ0n) is 11.1. The van der Waals surface area contributed by atoms with Gasteiger partial charge in [0.25, 0.3) is 0 Å². The number of aliphatic hydroxyl groups is 1. The van der Waals surface area contributed by atoms with Gasteiger partial charge in [-0.2, -0.15) is 5.26 Å². The number of sulfonamides is 1. The van der Waals surface area contributed by atoms with Crippen LogP contribution in [0.15, 0.2) is 23.1 Å². The molecule has 1 rings (SSSR count). The van der Waals surface area contributed by atoms with Crippen LogP contribution >= 0.6 is 11.6 Å². The van der Waals surface area contributed by atoms with E-state index in [9.17, 15) is 8.42 Å². The molecule has 0 spiro atoms. The minimum absolute atomic E-state index is 0.0386. The zero-order valence-corrected chi connectivity index (χ0v) is 12.7. The summed E-state index contributed by atoms with van der Waals surface area (Å²) in [6.45, 7) is 2.29. The monoisotopic (exact) mass is 316 g/mol. The Hall–Kier alpha value is -1.13. The largest absolute Gasteiger partial charge is 0.396 e. The Bertz CT molecular complexity index is 596. The number of aliphatic hydroxyl groups excluding tert-OH is 1. The van der Waals surface area contributed by atoms with Gasteiger partial charge in [-0.05, 0) is 37.0 Å². The minimum atomic E-state index is -3.62. The van der Waals surface area contributed by atoms with E-state index in [0.717, 1.165) is 6.42 Å². The van der Waals surface area contributed by atoms with Crippen LogP contribution < -0.4 is 4.72 Å². The van der Waals surface area contributed by atoms with E-state index in [0.29, 0.717) is 13.0 Å². The minimum Gasteiger partial charge on any atom is -0.396 e. The highest BCUT2D eigenvalue weighted by molar-refractivity contribution is 7.89. The number of hydrogen-bond donors (Lipinski definition) is 2. The first-order chi connectivity index (χ1) is 9.40. The first-order valence-corrected chi connectivity index (χ1v) is 8.07. The first kappa shape index (κ1) is 16.9. The van der Waals surface area contributed by atoms with Crippen molar-refractivity contribution >= 4 is 21.6 Å². The predicted octanol–water partition coefficient (Wildman–Crippen LogP) is 1.90. The highest BCUT2D eigenvalue weighted by Gasteiger charge is 2.15. The Balaban J connectivity index is 2.65. The van der Waals surface area contributed by atoms with Gasteiger partial charge in [0.15, 0.2) is 0 Å². The number of hydrogen-bond acceptors (Lipinski definition) is 4. The number of nitrogens with zero attached hydrogens (tertiary/aromatic N) is 1. The lowest BCUT2D eigenvalue weighted by Gasteiger charge is -2.09. The Morgan fingerprint density at radius 1 is 1.50 bits per heavy atom. The van der Waals surface area contributed by atoms with Crippen molar-refractivity contribution in [2.75, 3.05) is 13.2 Å². The normalized spacial score (nSPS) is 12.9. The molecular formula is C13H17ClN2O3S. The van der Waals surface area contributed by atoms with E-state index in [-0.39, 0.29) is 28.0 Å². The van der Waals surface area contributed by atoms with E-state index in [1.807, 2.05) is 13.0 Å². The molecule has 0 bridgehead atoms. The molecule has 0 heterocycles. The van der Waals surface area contributed by atoms with Crippen LogP contribution in [0.4, 0.5) is 0 Å². The van der Waals surface area contributed by atoms with Gasteiger partial charge in [0.05, 0.1) is 15.5 Å². The second-order valence-corrected chi connectivity index (χ2v) is 6.76. The maximum absolute atomic E-state index is 12.0. The Morgan fingerprint density at radius 3 is 2.75 bits per heavy atom. The summed E-state index contributed by atoms with van der Waals surface area (Å²) in [5.74, 6) is 0.156. The summed E-state index contributed by atoms with van der Waals surface area (Å²) < 4.78 is 26.5. The molecule has 5 nitrogen and oxygen atoms in total. The van der Waals surface area contributed by atoms with Gasteiger partial charge in [-0.15, -0.1) is 0 Å². The Labute approximate surface area is 124 Å². The topological polar surface area (TPSA) is 90.2 Å². The summed E-state index contributed by atoms with van der Waals surface area (Å²) in [5.41, 5.74) is 0.238. The molecule has 2 N–H and O–H groups in total. The van der Waals surface area contributed by atoms with Crippen molar-refractivity contribution < 1.29 is 13.5 Å². The van der Waals surface area contributed by atoms with Crippen LogP contribution in [0.3, 0.4) is 0 Å². The first-order valence-electron chi connectivity index (χ1n) is 6.21. The number of halogens is 1. The van der Waals surface area contributed by atoms with Crippen molar-refractivity contribution in [3.63, 3.8) is 0 Å². The summed E-state index contributed by atoms with van der Waals surface area (Å²) in [6, 6.07) is 5.87. The maximum Gasteiger partial charge on any atom is 0.240 e. The fraction of sp³-hybridized carbons (Fsp3) is 0.462. The highest BCUT2D eigenvalue weighted by atomic mass is 35.5. The molecule has 0 aliphatic carbocycles. The van der Waals surface area contributed by atoms with Crippen molar-refractivity contribution in [3.8, 4) is 6.07 Å². The lowest BCUT2D eigenvalue weighted by Crippen LogP contribution is -2.25. The average molecular weight is 317 g/mol. The standard InChI is InChI=1S/C13H17ClN2O3S/c1-10(9-17)3-2-6-16-20(18,19)12-5-4-11(8-15)13(14)7-12/h4-5,7,10,16-17H,2-3,6,9H2,1H3. The van der Waals surface area contributed by atoms with Crippen molar-refractivity contribution in [1.29, 1.82) is 5.26 Å². The predicted molar refractivity (Wildman–Crippen MR) is 76.8 cm³/mol. The zero-order chi connectivity index (χ0) is 15.2. The quantitative estimate of drug-likeness (QED) is 0.752. The molecule has 0 saturated carbocycles. The second-order valence-electron chi connectivity index (χ2n) is 4.58. The lowest BCUT2D eigenvalue weighted by atomic mass is 10.1. The molecule has 0 radical (unpaired) electrons. The van der Waals surface area contributed by atoms with Gasteiger partial charge in [-0.25, -0.2) is 13.1 Å². The van der Waals surface area contributed by atoms with Gasteiger partial charge in [0.2, 0.25) is 10.0 Å². The van der Waals surface area contributed by atoms with Crippen molar-refractivity contribution in [2.45, 2.75) is 24.7 Å². The third kappa shape index (κ3) is 4.76. The fourth-order valence-electron chi connectivity index (χ4n) is 1.59. The number of rotatable bonds is 7. The fourth-order valence-corrected chi connectivity index (χ4v) is 2.97. The van der Waals surface area contributed by atoms with E-state index < -0.39 is 10.0 Å². The maximum atomic E-state index is 12.0. The van der Waals surface area contributed by atoms with E-state index in [4.69, 9.17) is 22.0 Å². The summed E-state index contributed by atoms with van der Waals surface area (Å²) in [4.78, 5) is 0.0386. The summed E-state index contributed by atoms with van der Waals surface area (Å²) in [6.07, 6.45) is 1.39. The van der Waals surface area contributed by atoms with Gasteiger partial charge in [0.1, 0.15) is 6.07 Å².